The minimum atomic E-state index is -1.07. The van der Waals surface area contributed by atoms with Crippen LogP contribution in [0.3, 0.4) is 0 Å². The number of esters is 1. The third-order valence-corrected chi connectivity index (χ3v) is 2.75. The first-order valence-electron chi connectivity index (χ1n) is 6.64. The summed E-state index contributed by atoms with van der Waals surface area (Å²) in [4.78, 5) is 27.8. The lowest BCUT2D eigenvalue weighted by Crippen LogP contribution is -2.35. The molecule has 0 fully saturated rings. The number of carbonyl (C=O) groups excluding carboxylic acids is 2. The summed E-state index contributed by atoms with van der Waals surface area (Å²) in [5, 5.41) is 9.21. The van der Waals surface area contributed by atoms with E-state index in [4.69, 9.17) is 10.6 Å². The van der Waals surface area contributed by atoms with Gasteiger partial charge < -0.3 is 14.7 Å². The Morgan fingerprint density at radius 2 is 1.76 bits per heavy atom. The predicted molar refractivity (Wildman–Crippen MR) is 76.0 cm³/mol. The van der Waals surface area contributed by atoms with Crippen LogP contribution < -0.4 is 5.90 Å². The molecule has 0 amide bonds. The molecule has 0 aliphatic heterocycles. The third kappa shape index (κ3) is 5.83. The highest BCUT2D eigenvalue weighted by atomic mass is 16.7. The molecule has 0 spiro atoms. The first kappa shape index (κ1) is 17.0. The van der Waals surface area contributed by atoms with E-state index in [2.05, 4.69) is 4.84 Å². The van der Waals surface area contributed by atoms with Gasteiger partial charge >= 0.3 is 11.9 Å². The Balaban J connectivity index is 2.72. The molecule has 0 aliphatic carbocycles. The highest BCUT2D eigenvalue weighted by molar-refractivity contribution is 5.94. The van der Waals surface area contributed by atoms with Crippen molar-refractivity contribution in [2.75, 3.05) is 0 Å². The number of aromatic hydroxyl groups is 1. The molecule has 0 saturated carbocycles. The lowest BCUT2D eigenvalue weighted by molar-refractivity contribution is -0.169. The molecule has 0 aliphatic rings. The molecule has 0 unspecified atom stereocenters. The minimum Gasteiger partial charge on any atom is -0.508 e. The van der Waals surface area contributed by atoms with Gasteiger partial charge in [0.2, 0.25) is 0 Å². The van der Waals surface area contributed by atoms with Gasteiger partial charge in [0.1, 0.15) is 11.4 Å². The fourth-order valence-corrected chi connectivity index (χ4v) is 1.76. The van der Waals surface area contributed by atoms with Gasteiger partial charge in [-0.15, -0.1) is 0 Å². The van der Waals surface area contributed by atoms with E-state index in [-0.39, 0.29) is 12.2 Å². The molecule has 0 heterocycles. The Labute approximate surface area is 123 Å². The molecule has 0 bridgehead atoms. The number of nitrogens with two attached hydrogens (primary N) is 1. The number of ether oxygens (including phenoxy) is 1. The smallest absolute Gasteiger partial charge is 0.338 e. The fourth-order valence-electron chi connectivity index (χ4n) is 1.76. The van der Waals surface area contributed by atoms with Crippen molar-refractivity contribution in [1.82, 2.24) is 0 Å². The Hall–Kier alpha value is -2.08. The van der Waals surface area contributed by atoms with Crippen LogP contribution in [0.25, 0.3) is 0 Å². The van der Waals surface area contributed by atoms with Crippen LogP contribution in [-0.2, 0) is 25.6 Å². The molecule has 1 aromatic rings. The standard InChI is InChI=1S/C15H21NO5/c1-15(2,3)20-13(18)12(14(19)21-16)9-6-10-4-7-11(17)8-5-10/h4-5,7-8,12,17H,6,9,16H2,1-3H3/t12-/m0/s1. The molecular formula is C15H21NO5. The summed E-state index contributed by atoms with van der Waals surface area (Å²) in [6.07, 6.45) is 0.676. The van der Waals surface area contributed by atoms with Crippen LogP contribution in [0.15, 0.2) is 24.3 Å². The average molecular weight is 295 g/mol. The summed E-state index contributed by atoms with van der Waals surface area (Å²) < 4.78 is 5.20. The summed E-state index contributed by atoms with van der Waals surface area (Å²) in [6.45, 7) is 5.15. The number of aryl methyl sites for hydroxylation is 1. The van der Waals surface area contributed by atoms with Crippen molar-refractivity contribution in [3.8, 4) is 5.75 Å². The largest absolute Gasteiger partial charge is 0.508 e. The summed E-state index contributed by atoms with van der Waals surface area (Å²) in [5.41, 5.74) is 0.189. The van der Waals surface area contributed by atoms with E-state index in [0.29, 0.717) is 6.42 Å². The zero-order valence-corrected chi connectivity index (χ0v) is 12.5. The van der Waals surface area contributed by atoms with Crippen molar-refractivity contribution >= 4 is 11.9 Å². The van der Waals surface area contributed by atoms with Crippen molar-refractivity contribution < 1.29 is 24.3 Å². The number of benzene rings is 1. The maximum Gasteiger partial charge on any atom is 0.338 e. The van der Waals surface area contributed by atoms with Gasteiger partial charge in [0.15, 0.2) is 5.92 Å². The van der Waals surface area contributed by atoms with Crippen LogP contribution in [0.5, 0.6) is 5.75 Å². The van der Waals surface area contributed by atoms with Crippen LogP contribution >= 0.6 is 0 Å². The van der Waals surface area contributed by atoms with Crippen LogP contribution in [-0.4, -0.2) is 22.6 Å². The SMILES string of the molecule is CC(C)(C)OC(=O)[C@H](CCc1ccc(O)cc1)C(=O)ON. The van der Waals surface area contributed by atoms with E-state index < -0.39 is 23.5 Å². The van der Waals surface area contributed by atoms with Gasteiger partial charge in [-0.25, -0.2) is 4.79 Å². The van der Waals surface area contributed by atoms with Gasteiger partial charge in [-0.05, 0) is 51.3 Å². The third-order valence-electron chi connectivity index (χ3n) is 2.75. The number of hydrogen-bond acceptors (Lipinski definition) is 6. The summed E-state index contributed by atoms with van der Waals surface area (Å²) >= 11 is 0. The Morgan fingerprint density at radius 3 is 2.24 bits per heavy atom. The number of hydrogen-bond donors (Lipinski definition) is 2. The van der Waals surface area contributed by atoms with Crippen LogP contribution in [0.1, 0.15) is 32.8 Å². The van der Waals surface area contributed by atoms with Gasteiger partial charge in [-0.3, -0.25) is 4.79 Å². The van der Waals surface area contributed by atoms with Crippen molar-refractivity contribution in [3.05, 3.63) is 29.8 Å². The predicted octanol–water partition coefficient (Wildman–Crippen LogP) is 1.70. The number of phenols is 1. The van der Waals surface area contributed by atoms with Crippen molar-refractivity contribution in [2.45, 2.75) is 39.2 Å². The molecule has 0 aromatic heterocycles. The van der Waals surface area contributed by atoms with Crippen molar-refractivity contribution in [3.63, 3.8) is 0 Å². The zero-order valence-electron chi connectivity index (χ0n) is 12.5. The van der Waals surface area contributed by atoms with Crippen LogP contribution in [0.2, 0.25) is 0 Å². The van der Waals surface area contributed by atoms with Crippen LogP contribution in [0, 0.1) is 5.92 Å². The van der Waals surface area contributed by atoms with E-state index >= 15 is 0 Å². The van der Waals surface area contributed by atoms with E-state index in [1.807, 2.05) is 0 Å². The quantitative estimate of drug-likeness (QED) is 0.487. The zero-order chi connectivity index (χ0) is 16.0. The Bertz CT molecular complexity index is 490. The second-order valence-corrected chi connectivity index (χ2v) is 5.73. The molecule has 1 rings (SSSR count). The molecule has 21 heavy (non-hydrogen) atoms. The minimum absolute atomic E-state index is 0.156. The monoisotopic (exact) mass is 295 g/mol. The Kier molecular flexibility index (Phi) is 5.72. The molecule has 1 aromatic carbocycles. The average Bonchev–Trinajstić information content (AvgIpc) is 2.38. The van der Waals surface area contributed by atoms with Crippen molar-refractivity contribution in [1.29, 1.82) is 0 Å². The summed E-state index contributed by atoms with van der Waals surface area (Å²) in [7, 11) is 0. The highest BCUT2D eigenvalue weighted by Crippen LogP contribution is 2.18. The second-order valence-electron chi connectivity index (χ2n) is 5.73. The lowest BCUT2D eigenvalue weighted by atomic mass is 9.99. The molecule has 1 atom stereocenters. The van der Waals surface area contributed by atoms with Gasteiger partial charge in [0.25, 0.3) is 0 Å². The van der Waals surface area contributed by atoms with E-state index in [1.165, 1.54) is 0 Å². The molecule has 3 N–H and O–H groups in total. The summed E-state index contributed by atoms with van der Waals surface area (Å²) in [5.74, 6) is 2.49. The molecule has 0 radical (unpaired) electrons. The first-order chi connectivity index (χ1) is 9.73. The first-order valence-corrected chi connectivity index (χ1v) is 6.64. The Morgan fingerprint density at radius 1 is 1.19 bits per heavy atom. The lowest BCUT2D eigenvalue weighted by Gasteiger charge is -2.22. The summed E-state index contributed by atoms with van der Waals surface area (Å²) in [6, 6.07) is 6.52. The number of phenolic OH excluding ortho intramolecular Hbond substituents is 1. The highest BCUT2D eigenvalue weighted by Gasteiger charge is 2.32. The van der Waals surface area contributed by atoms with Gasteiger partial charge in [-0.1, -0.05) is 12.1 Å². The van der Waals surface area contributed by atoms with Gasteiger partial charge in [-0.2, -0.15) is 5.90 Å². The second kappa shape index (κ2) is 7.08. The topological polar surface area (TPSA) is 98.8 Å². The molecular weight excluding hydrogens is 274 g/mol. The van der Waals surface area contributed by atoms with Crippen molar-refractivity contribution in [2.24, 2.45) is 11.8 Å². The maximum absolute atomic E-state index is 12.0. The molecule has 6 heteroatoms. The molecule has 6 nitrogen and oxygen atoms in total. The van der Waals surface area contributed by atoms with E-state index in [1.54, 1.807) is 45.0 Å². The van der Waals surface area contributed by atoms with Gasteiger partial charge in [0.05, 0.1) is 0 Å². The van der Waals surface area contributed by atoms with Crippen LogP contribution in [0.4, 0.5) is 0 Å². The molecule has 116 valence electrons. The van der Waals surface area contributed by atoms with Gasteiger partial charge in [0, 0.05) is 0 Å². The van der Waals surface area contributed by atoms with E-state index in [9.17, 15) is 14.7 Å². The normalized spacial score (nSPS) is 12.6. The molecule has 0 saturated heterocycles. The number of rotatable bonds is 5. The number of carbonyl (C=O) groups is 2. The maximum atomic E-state index is 12.0. The van der Waals surface area contributed by atoms with E-state index in [0.717, 1.165) is 5.56 Å². The fraction of sp³-hybridized carbons (Fsp3) is 0.467.